The van der Waals surface area contributed by atoms with Gasteiger partial charge in [-0.25, -0.2) is 9.37 Å². The van der Waals surface area contributed by atoms with E-state index in [1.54, 1.807) is 0 Å². The molecule has 0 saturated heterocycles. The highest BCUT2D eigenvalue weighted by molar-refractivity contribution is 5.77. The Hall–Kier alpha value is -2.89. The molecule has 2 N–H and O–H groups in total. The Kier molecular flexibility index (Phi) is 5.05. The van der Waals surface area contributed by atoms with Crippen LogP contribution in [0.4, 0.5) is 4.39 Å². The number of ether oxygens (including phenoxy) is 1. The van der Waals surface area contributed by atoms with Crippen LogP contribution in [-0.2, 0) is 11.2 Å². The van der Waals surface area contributed by atoms with Crippen molar-refractivity contribution in [2.75, 3.05) is 13.2 Å². The summed E-state index contributed by atoms with van der Waals surface area (Å²) in [6.07, 6.45) is 1.54. The lowest BCUT2D eigenvalue weighted by Crippen LogP contribution is -2.29. The number of fused-ring (bicyclic) bond motifs is 1. The van der Waals surface area contributed by atoms with Crippen molar-refractivity contribution in [1.82, 2.24) is 15.3 Å². The summed E-state index contributed by atoms with van der Waals surface area (Å²) in [6, 6.07) is 13.4. The second-order valence-electron chi connectivity index (χ2n) is 5.40. The molecular formula is C18H18FN3O2. The number of aromatic amines is 1. The van der Waals surface area contributed by atoms with Gasteiger partial charge in [0.1, 0.15) is 17.4 Å². The smallest absolute Gasteiger partial charge is 0.257 e. The lowest BCUT2D eigenvalue weighted by molar-refractivity contribution is -0.123. The normalized spacial score (nSPS) is 10.7. The number of hydrogen-bond acceptors (Lipinski definition) is 3. The van der Waals surface area contributed by atoms with Crippen LogP contribution in [0, 0.1) is 5.82 Å². The second kappa shape index (κ2) is 7.59. The van der Waals surface area contributed by atoms with Gasteiger partial charge in [0.15, 0.2) is 6.61 Å². The number of halogens is 1. The van der Waals surface area contributed by atoms with E-state index < -0.39 is 0 Å². The molecule has 3 aromatic rings. The van der Waals surface area contributed by atoms with Crippen molar-refractivity contribution in [2.45, 2.75) is 12.8 Å². The number of nitrogens with one attached hydrogen (secondary N) is 2. The average molecular weight is 327 g/mol. The summed E-state index contributed by atoms with van der Waals surface area (Å²) < 4.78 is 18.0. The largest absolute Gasteiger partial charge is 0.484 e. The van der Waals surface area contributed by atoms with Crippen LogP contribution >= 0.6 is 0 Å². The molecule has 1 amide bonds. The first-order chi connectivity index (χ1) is 11.7. The van der Waals surface area contributed by atoms with Crippen LogP contribution in [0.1, 0.15) is 12.2 Å². The second-order valence-corrected chi connectivity index (χ2v) is 5.40. The minimum Gasteiger partial charge on any atom is -0.484 e. The summed E-state index contributed by atoms with van der Waals surface area (Å²) >= 11 is 0. The van der Waals surface area contributed by atoms with E-state index in [-0.39, 0.29) is 18.3 Å². The fourth-order valence-corrected chi connectivity index (χ4v) is 2.34. The first kappa shape index (κ1) is 16.0. The molecule has 1 aromatic heterocycles. The number of imidazole rings is 1. The Morgan fingerprint density at radius 2 is 1.96 bits per heavy atom. The Bertz CT molecular complexity index is 782. The monoisotopic (exact) mass is 327 g/mol. The molecule has 0 fully saturated rings. The zero-order valence-corrected chi connectivity index (χ0v) is 13.1. The topological polar surface area (TPSA) is 67.0 Å². The first-order valence-corrected chi connectivity index (χ1v) is 7.79. The van der Waals surface area contributed by atoms with Crippen LogP contribution < -0.4 is 10.1 Å². The fourth-order valence-electron chi connectivity index (χ4n) is 2.34. The zero-order chi connectivity index (χ0) is 16.8. The van der Waals surface area contributed by atoms with Crippen LogP contribution in [0.25, 0.3) is 11.0 Å². The molecule has 5 nitrogen and oxygen atoms in total. The zero-order valence-electron chi connectivity index (χ0n) is 13.1. The van der Waals surface area contributed by atoms with Gasteiger partial charge in [0.05, 0.1) is 11.0 Å². The molecular weight excluding hydrogens is 309 g/mol. The molecule has 0 aliphatic rings. The number of H-pyrrole nitrogens is 1. The molecule has 2 aromatic carbocycles. The number of rotatable bonds is 7. The standard InChI is InChI=1S/C18H18FN3O2/c19-13-7-9-14(10-8-13)24-12-18(23)20-11-3-6-17-21-15-4-1-2-5-16(15)22-17/h1-2,4-5,7-10H,3,6,11-12H2,(H,20,23)(H,21,22). The van der Waals surface area contributed by atoms with E-state index in [0.29, 0.717) is 12.3 Å². The van der Waals surface area contributed by atoms with Crippen molar-refractivity contribution in [2.24, 2.45) is 0 Å². The molecule has 0 aliphatic carbocycles. The van der Waals surface area contributed by atoms with Gasteiger partial charge in [-0.15, -0.1) is 0 Å². The van der Waals surface area contributed by atoms with E-state index in [1.807, 2.05) is 24.3 Å². The van der Waals surface area contributed by atoms with Gasteiger partial charge in [-0.2, -0.15) is 0 Å². The number of aromatic nitrogens is 2. The SMILES string of the molecule is O=C(COc1ccc(F)cc1)NCCCc1nc2ccccc2[nH]1. The van der Waals surface area contributed by atoms with Crippen LogP contribution in [-0.4, -0.2) is 29.0 Å². The Morgan fingerprint density at radius 3 is 2.75 bits per heavy atom. The van der Waals surface area contributed by atoms with E-state index >= 15 is 0 Å². The number of nitrogens with zero attached hydrogens (tertiary/aromatic N) is 1. The first-order valence-electron chi connectivity index (χ1n) is 7.79. The molecule has 1 heterocycles. The van der Waals surface area contributed by atoms with E-state index in [9.17, 15) is 9.18 Å². The van der Waals surface area contributed by atoms with Crippen LogP contribution in [0.3, 0.4) is 0 Å². The third-order valence-corrected chi connectivity index (χ3v) is 3.53. The van der Waals surface area contributed by atoms with Gasteiger partial charge < -0.3 is 15.0 Å². The Labute approximate surface area is 138 Å². The van der Waals surface area contributed by atoms with Gasteiger partial charge in [-0.3, -0.25) is 4.79 Å². The number of carbonyl (C=O) groups is 1. The highest BCUT2D eigenvalue weighted by atomic mass is 19.1. The highest BCUT2D eigenvalue weighted by Gasteiger charge is 2.04. The van der Waals surface area contributed by atoms with E-state index in [4.69, 9.17) is 4.74 Å². The van der Waals surface area contributed by atoms with Crippen molar-refractivity contribution in [3.8, 4) is 5.75 Å². The Balaban J connectivity index is 1.36. The number of aryl methyl sites for hydroxylation is 1. The third-order valence-electron chi connectivity index (χ3n) is 3.53. The summed E-state index contributed by atoms with van der Waals surface area (Å²) in [6.45, 7) is 0.457. The summed E-state index contributed by atoms with van der Waals surface area (Å²) in [5, 5.41) is 2.79. The maximum Gasteiger partial charge on any atom is 0.257 e. The van der Waals surface area contributed by atoms with E-state index in [0.717, 1.165) is 29.7 Å². The minimum absolute atomic E-state index is 0.0870. The summed E-state index contributed by atoms with van der Waals surface area (Å²) in [4.78, 5) is 19.4. The van der Waals surface area contributed by atoms with Gasteiger partial charge >= 0.3 is 0 Å². The molecule has 0 unspecified atom stereocenters. The number of benzene rings is 2. The lowest BCUT2D eigenvalue weighted by Gasteiger charge is -2.07. The molecule has 0 aliphatic heterocycles. The summed E-state index contributed by atoms with van der Waals surface area (Å²) in [7, 11) is 0. The van der Waals surface area contributed by atoms with Crippen LogP contribution in [0.15, 0.2) is 48.5 Å². The van der Waals surface area contributed by atoms with Crippen LogP contribution in [0.5, 0.6) is 5.75 Å². The molecule has 0 atom stereocenters. The van der Waals surface area contributed by atoms with Crippen molar-refractivity contribution in [3.05, 3.63) is 60.2 Å². The molecule has 0 spiro atoms. The predicted octanol–water partition coefficient (Wildman–Crippen LogP) is 2.83. The predicted molar refractivity (Wildman–Crippen MR) is 89.3 cm³/mol. The number of hydrogen-bond donors (Lipinski definition) is 2. The quantitative estimate of drug-likeness (QED) is 0.656. The molecule has 6 heteroatoms. The van der Waals surface area contributed by atoms with Crippen molar-refractivity contribution >= 4 is 16.9 Å². The van der Waals surface area contributed by atoms with Gasteiger partial charge in [0.25, 0.3) is 5.91 Å². The molecule has 124 valence electrons. The van der Waals surface area contributed by atoms with Crippen molar-refractivity contribution < 1.29 is 13.9 Å². The summed E-state index contributed by atoms with van der Waals surface area (Å²) in [5.74, 6) is 0.836. The average Bonchev–Trinajstić information content (AvgIpc) is 3.01. The molecule has 24 heavy (non-hydrogen) atoms. The van der Waals surface area contributed by atoms with Crippen molar-refractivity contribution in [3.63, 3.8) is 0 Å². The van der Waals surface area contributed by atoms with E-state index in [2.05, 4.69) is 15.3 Å². The fraction of sp³-hybridized carbons (Fsp3) is 0.222. The number of amides is 1. The summed E-state index contributed by atoms with van der Waals surface area (Å²) in [5.41, 5.74) is 1.97. The maximum atomic E-state index is 12.8. The minimum atomic E-state index is -0.336. The molecule has 0 bridgehead atoms. The third kappa shape index (κ3) is 4.32. The number of carbonyl (C=O) groups excluding carboxylic acids is 1. The maximum absolute atomic E-state index is 12.8. The molecule has 0 radical (unpaired) electrons. The van der Waals surface area contributed by atoms with Gasteiger partial charge in [0, 0.05) is 13.0 Å². The van der Waals surface area contributed by atoms with E-state index in [1.165, 1.54) is 24.3 Å². The van der Waals surface area contributed by atoms with Crippen LogP contribution in [0.2, 0.25) is 0 Å². The van der Waals surface area contributed by atoms with Gasteiger partial charge in [-0.1, -0.05) is 12.1 Å². The molecule has 0 saturated carbocycles. The van der Waals surface area contributed by atoms with Crippen molar-refractivity contribution in [1.29, 1.82) is 0 Å². The Morgan fingerprint density at radius 1 is 1.17 bits per heavy atom. The van der Waals surface area contributed by atoms with Gasteiger partial charge in [0.2, 0.25) is 0 Å². The number of para-hydroxylation sites is 2. The highest BCUT2D eigenvalue weighted by Crippen LogP contribution is 2.11. The molecule has 3 rings (SSSR count). The van der Waals surface area contributed by atoms with Gasteiger partial charge in [-0.05, 0) is 42.8 Å². The lowest BCUT2D eigenvalue weighted by atomic mass is 10.3.